The van der Waals surface area contributed by atoms with Crippen molar-refractivity contribution in [1.82, 2.24) is 0 Å². The predicted molar refractivity (Wildman–Crippen MR) is 31.8 cm³/mol. The maximum Gasteiger partial charge on any atom is 0.152 e. The second-order valence-electron chi connectivity index (χ2n) is 1.14. The summed E-state index contributed by atoms with van der Waals surface area (Å²) in [6, 6.07) is 0. The number of nitrogens with zero attached hydrogens (tertiary/aromatic N) is 1. The first-order valence-electron chi connectivity index (χ1n) is 1.80. The van der Waals surface area contributed by atoms with Crippen molar-refractivity contribution in [3.8, 4) is 0 Å². The lowest BCUT2D eigenvalue weighted by Gasteiger charge is -1.94. The molecular weight excluding hydrogens is 160 g/mol. The monoisotopic (exact) mass is 166 g/mol. The Hall–Kier alpha value is -0.250. The van der Waals surface area contributed by atoms with Crippen LogP contribution >= 0.6 is 15.9 Å². The van der Waals surface area contributed by atoms with E-state index in [9.17, 15) is 0 Å². The quantitative estimate of drug-likeness (QED) is 0.196. The van der Waals surface area contributed by atoms with Gasteiger partial charge in [0.1, 0.15) is 0 Å². The molecule has 0 rings (SSSR count). The molecule has 1 atom stereocenters. The molecule has 0 heterocycles. The molecule has 0 saturated heterocycles. The summed E-state index contributed by atoms with van der Waals surface area (Å²) in [5.74, 6) is 0.194. The van der Waals surface area contributed by atoms with Crippen LogP contribution in [-0.2, 0) is 0 Å². The molecular formula is C3H7BrN2O. The average molecular weight is 167 g/mol. The van der Waals surface area contributed by atoms with E-state index in [4.69, 9.17) is 10.9 Å². The van der Waals surface area contributed by atoms with Crippen LogP contribution in [0.5, 0.6) is 0 Å². The molecule has 0 aromatic rings. The number of hydrogen-bond donors (Lipinski definition) is 2. The maximum atomic E-state index is 7.94. The van der Waals surface area contributed by atoms with Gasteiger partial charge in [-0.15, -0.1) is 0 Å². The first kappa shape index (κ1) is 6.75. The van der Waals surface area contributed by atoms with Gasteiger partial charge in [0.15, 0.2) is 5.84 Å². The van der Waals surface area contributed by atoms with Gasteiger partial charge in [0.05, 0.1) is 4.83 Å². The summed E-state index contributed by atoms with van der Waals surface area (Å²) in [4.78, 5) is -0.0440. The highest BCUT2D eigenvalue weighted by Gasteiger charge is 1.98. The van der Waals surface area contributed by atoms with E-state index in [1.807, 2.05) is 0 Å². The predicted octanol–water partition coefficient (Wildman–Crippen LogP) is 0.516. The summed E-state index contributed by atoms with van der Waals surface area (Å²) in [6.07, 6.45) is 0. The molecule has 0 fully saturated rings. The first-order valence-corrected chi connectivity index (χ1v) is 2.71. The van der Waals surface area contributed by atoms with Gasteiger partial charge in [0.25, 0.3) is 0 Å². The highest BCUT2D eigenvalue weighted by atomic mass is 79.9. The molecule has 4 heteroatoms. The van der Waals surface area contributed by atoms with Crippen LogP contribution in [0, 0.1) is 0 Å². The molecule has 1 unspecified atom stereocenters. The summed E-state index contributed by atoms with van der Waals surface area (Å²) >= 11 is 3.08. The Balaban J connectivity index is 3.56. The lowest BCUT2D eigenvalue weighted by molar-refractivity contribution is 0.317. The zero-order chi connectivity index (χ0) is 5.86. The molecule has 42 valence electrons. The molecule has 0 aliphatic heterocycles. The van der Waals surface area contributed by atoms with Gasteiger partial charge in [-0.1, -0.05) is 21.1 Å². The lowest BCUT2D eigenvalue weighted by atomic mass is 10.5. The van der Waals surface area contributed by atoms with Gasteiger partial charge in [-0.25, -0.2) is 0 Å². The van der Waals surface area contributed by atoms with Crippen molar-refractivity contribution in [3.05, 3.63) is 0 Å². The fraction of sp³-hybridized carbons (Fsp3) is 0.667. The molecule has 0 amide bonds. The van der Waals surface area contributed by atoms with E-state index in [1.165, 1.54) is 0 Å². The summed E-state index contributed by atoms with van der Waals surface area (Å²) in [7, 11) is 0. The molecule has 0 aromatic carbocycles. The molecule has 0 radical (unpaired) electrons. The van der Waals surface area contributed by atoms with Gasteiger partial charge in [-0.05, 0) is 6.92 Å². The Bertz CT molecular complexity index is 81.0. The molecule has 0 bridgehead atoms. The fourth-order valence-corrected chi connectivity index (χ4v) is 0.171. The molecule has 0 aromatic heterocycles. The minimum atomic E-state index is -0.0440. The van der Waals surface area contributed by atoms with Crippen LogP contribution in [0.1, 0.15) is 6.92 Å². The number of hydrogen-bond acceptors (Lipinski definition) is 2. The van der Waals surface area contributed by atoms with Crippen molar-refractivity contribution >= 4 is 21.8 Å². The molecule has 0 aliphatic rings. The van der Waals surface area contributed by atoms with Gasteiger partial charge in [0, 0.05) is 0 Å². The summed E-state index contributed by atoms with van der Waals surface area (Å²) in [5, 5.41) is 10.7. The van der Waals surface area contributed by atoms with Gasteiger partial charge >= 0.3 is 0 Å². The van der Waals surface area contributed by atoms with E-state index < -0.39 is 0 Å². The maximum absolute atomic E-state index is 7.94. The lowest BCUT2D eigenvalue weighted by Crippen LogP contribution is -2.20. The molecule has 3 nitrogen and oxygen atoms in total. The molecule has 0 spiro atoms. The number of nitrogens with two attached hydrogens (primary N) is 1. The van der Waals surface area contributed by atoms with E-state index in [0.29, 0.717) is 0 Å². The van der Waals surface area contributed by atoms with Crippen LogP contribution in [0.3, 0.4) is 0 Å². The zero-order valence-corrected chi connectivity index (χ0v) is 5.51. The van der Waals surface area contributed by atoms with E-state index >= 15 is 0 Å². The molecule has 0 aliphatic carbocycles. The van der Waals surface area contributed by atoms with Crippen LogP contribution in [0.4, 0.5) is 0 Å². The summed E-state index contributed by atoms with van der Waals surface area (Å²) in [6.45, 7) is 1.77. The van der Waals surface area contributed by atoms with Gasteiger partial charge in [0.2, 0.25) is 0 Å². The van der Waals surface area contributed by atoms with Crippen LogP contribution in [0.2, 0.25) is 0 Å². The third kappa shape index (κ3) is 2.45. The van der Waals surface area contributed by atoms with Crippen molar-refractivity contribution in [2.24, 2.45) is 10.9 Å². The van der Waals surface area contributed by atoms with Crippen LogP contribution in [0.25, 0.3) is 0 Å². The van der Waals surface area contributed by atoms with Crippen LogP contribution in [-0.4, -0.2) is 15.9 Å². The number of amidine groups is 1. The van der Waals surface area contributed by atoms with E-state index in [-0.39, 0.29) is 10.7 Å². The van der Waals surface area contributed by atoms with E-state index in [0.717, 1.165) is 0 Å². The normalized spacial score (nSPS) is 16.6. The van der Waals surface area contributed by atoms with Gasteiger partial charge in [-0.2, -0.15) is 0 Å². The summed E-state index contributed by atoms with van der Waals surface area (Å²) in [5.41, 5.74) is 5.07. The second kappa shape index (κ2) is 2.85. The Morgan fingerprint density at radius 1 is 2.00 bits per heavy atom. The van der Waals surface area contributed by atoms with Crippen LogP contribution < -0.4 is 5.73 Å². The number of halogens is 1. The largest absolute Gasteiger partial charge is 0.409 e. The molecule has 7 heavy (non-hydrogen) atoms. The molecule has 3 N–H and O–H groups in total. The third-order valence-electron chi connectivity index (χ3n) is 0.523. The second-order valence-corrected chi connectivity index (χ2v) is 2.51. The Morgan fingerprint density at radius 3 is 2.43 bits per heavy atom. The highest BCUT2D eigenvalue weighted by molar-refractivity contribution is 9.10. The Labute approximate surface area is 50.3 Å². The highest BCUT2D eigenvalue weighted by Crippen LogP contribution is 1.94. The topological polar surface area (TPSA) is 58.6 Å². The van der Waals surface area contributed by atoms with Crippen molar-refractivity contribution in [3.63, 3.8) is 0 Å². The van der Waals surface area contributed by atoms with Crippen LogP contribution in [0.15, 0.2) is 5.16 Å². The molecule has 0 saturated carbocycles. The van der Waals surface area contributed by atoms with Crippen molar-refractivity contribution in [2.45, 2.75) is 11.8 Å². The fourth-order valence-electron chi connectivity index (χ4n) is 0.0796. The van der Waals surface area contributed by atoms with Gasteiger partial charge in [-0.3, -0.25) is 0 Å². The van der Waals surface area contributed by atoms with Crippen molar-refractivity contribution < 1.29 is 5.21 Å². The SMILES string of the molecule is CC(Br)/C(N)=N/O. The number of oxime groups is 1. The number of alkyl halides is 1. The summed E-state index contributed by atoms with van der Waals surface area (Å²) < 4.78 is 0. The Morgan fingerprint density at radius 2 is 2.43 bits per heavy atom. The number of rotatable bonds is 1. The minimum Gasteiger partial charge on any atom is -0.409 e. The zero-order valence-electron chi connectivity index (χ0n) is 3.93. The van der Waals surface area contributed by atoms with E-state index in [2.05, 4.69) is 21.1 Å². The smallest absolute Gasteiger partial charge is 0.152 e. The third-order valence-corrected chi connectivity index (χ3v) is 0.992. The van der Waals surface area contributed by atoms with Crippen molar-refractivity contribution in [1.29, 1.82) is 0 Å². The average Bonchev–Trinajstić information content (AvgIpc) is 1.65. The minimum absolute atomic E-state index is 0.0440. The Kier molecular flexibility index (Phi) is 2.75. The van der Waals surface area contributed by atoms with Crippen molar-refractivity contribution in [2.75, 3.05) is 0 Å². The standard InChI is InChI=1S/C3H7BrN2O/c1-2(4)3(5)6-7/h2,7H,1H3,(H2,5,6). The van der Waals surface area contributed by atoms with E-state index in [1.54, 1.807) is 6.92 Å². The van der Waals surface area contributed by atoms with Gasteiger partial charge < -0.3 is 10.9 Å². The first-order chi connectivity index (χ1) is 3.18.